The van der Waals surface area contributed by atoms with E-state index >= 15 is 0 Å². The van der Waals surface area contributed by atoms with Crippen LogP contribution in [0.15, 0.2) is 30.3 Å². The minimum absolute atomic E-state index is 0.116. The molecule has 0 radical (unpaired) electrons. The van der Waals surface area contributed by atoms with Crippen LogP contribution in [0.4, 0.5) is 0 Å². The highest BCUT2D eigenvalue weighted by molar-refractivity contribution is 7.87. The highest BCUT2D eigenvalue weighted by Gasteiger charge is 2.25. The van der Waals surface area contributed by atoms with Crippen LogP contribution in [0.1, 0.15) is 33.3 Å². The molecule has 0 heterocycles. The van der Waals surface area contributed by atoms with Crippen LogP contribution in [0.5, 0.6) is 0 Å². The average molecular weight is 270 g/mol. The molecule has 1 aromatic rings. The van der Waals surface area contributed by atoms with Crippen LogP contribution in [0.2, 0.25) is 0 Å². The predicted octanol–water partition coefficient (Wildman–Crippen LogP) is 1.84. The zero-order chi connectivity index (χ0) is 13.8. The lowest BCUT2D eigenvalue weighted by Crippen LogP contribution is -2.51. The lowest BCUT2D eigenvalue weighted by atomic mass is 9.96. The standard InChI is InChI=1S/C13H22N2O2S/c1-11(2)14-18(16,17)15-13(3,4)10-12-8-6-5-7-9-12/h5-9,11,14-15H,10H2,1-4H3. The minimum atomic E-state index is -3.46. The van der Waals surface area contributed by atoms with Crippen molar-refractivity contribution in [3.63, 3.8) is 0 Å². The van der Waals surface area contributed by atoms with Gasteiger partial charge in [-0.05, 0) is 39.7 Å². The van der Waals surface area contributed by atoms with Crippen molar-refractivity contribution in [1.29, 1.82) is 0 Å². The summed E-state index contributed by atoms with van der Waals surface area (Å²) in [6.45, 7) is 7.34. The van der Waals surface area contributed by atoms with E-state index in [2.05, 4.69) is 9.44 Å². The van der Waals surface area contributed by atoms with Gasteiger partial charge in [-0.3, -0.25) is 0 Å². The van der Waals surface area contributed by atoms with Gasteiger partial charge >= 0.3 is 0 Å². The molecule has 18 heavy (non-hydrogen) atoms. The molecule has 0 aliphatic carbocycles. The van der Waals surface area contributed by atoms with Crippen LogP contribution < -0.4 is 9.44 Å². The van der Waals surface area contributed by atoms with Crippen LogP contribution >= 0.6 is 0 Å². The van der Waals surface area contributed by atoms with E-state index in [4.69, 9.17) is 0 Å². The van der Waals surface area contributed by atoms with Gasteiger partial charge in [-0.2, -0.15) is 17.9 Å². The first-order valence-electron chi connectivity index (χ1n) is 6.05. The van der Waals surface area contributed by atoms with E-state index in [1.165, 1.54) is 0 Å². The quantitative estimate of drug-likeness (QED) is 0.828. The fourth-order valence-corrected chi connectivity index (χ4v) is 3.32. The number of hydrogen-bond acceptors (Lipinski definition) is 2. The van der Waals surface area contributed by atoms with Crippen LogP contribution in [-0.2, 0) is 16.6 Å². The van der Waals surface area contributed by atoms with E-state index in [-0.39, 0.29) is 6.04 Å². The third-order valence-electron chi connectivity index (χ3n) is 2.29. The van der Waals surface area contributed by atoms with Crippen molar-refractivity contribution in [3.8, 4) is 0 Å². The molecule has 2 N–H and O–H groups in total. The predicted molar refractivity (Wildman–Crippen MR) is 74.6 cm³/mol. The fourth-order valence-electron chi connectivity index (χ4n) is 1.85. The molecular weight excluding hydrogens is 248 g/mol. The number of nitrogens with one attached hydrogen (secondary N) is 2. The molecule has 0 aromatic heterocycles. The van der Waals surface area contributed by atoms with Crippen molar-refractivity contribution in [2.24, 2.45) is 0 Å². The zero-order valence-electron chi connectivity index (χ0n) is 11.4. The van der Waals surface area contributed by atoms with Crippen molar-refractivity contribution in [2.75, 3.05) is 0 Å². The molecule has 0 aliphatic rings. The van der Waals surface area contributed by atoms with Crippen molar-refractivity contribution < 1.29 is 8.42 Å². The Balaban J connectivity index is 2.70. The second-order valence-electron chi connectivity index (χ2n) is 5.42. The Morgan fingerprint density at radius 2 is 1.72 bits per heavy atom. The van der Waals surface area contributed by atoms with Crippen LogP contribution in [0.25, 0.3) is 0 Å². The second kappa shape index (κ2) is 5.82. The molecule has 5 heteroatoms. The molecule has 4 nitrogen and oxygen atoms in total. The van der Waals surface area contributed by atoms with Gasteiger partial charge in [0.1, 0.15) is 0 Å². The largest absolute Gasteiger partial charge is 0.277 e. The summed E-state index contributed by atoms with van der Waals surface area (Å²) < 4.78 is 28.8. The van der Waals surface area contributed by atoms with Gasteiger partial charge in [0, 0.05) is 11.6 Å². The topological polar surface area (TPSA) is 58.2 Å². The van der Waals surface area contributed by atoms with E-state index in [0.717, 1.165) is 5.56 Å². The van der Waals surface area contributed by atoms with Gasteiger partial charge in [-0.1, -0.05) is 30.3 Å². The lowest BCUT2D eigenvalue weighted by Gasteiger charge is -2.26. The third-order valence-corrected chi connectivity index (χ3v) is 3.89. The smallest absolute Gasteiger partial charge is 0.200 e. The molecule has 1 aromatic carbocycles. The summed E-state index contributed by atoms with van der Waals surface area (Å²) in [5, 5.41) is 0. The van der Waals surface area contributed by atoms with Gasteiger partial charge in [0.2, 0.25) is 0 Å². The summed E-state index contributed by atoms with van der Waals surface area (Å²) >= 11 is 0. The highest BCUT2D eigenvalue weighted by Crippen LogP contribution is 2.13. The van der Waals surface area contributed by atoms with Gasteiger partial charge in [0.15, 0.2) is 0 Å². The lowest BCUT2D eigenvalue weighted by molar-refractivity contribution is 0.443. The maximum Gasteiger partial charge on any atom is 0.277 e. The number of hydrogen-bond donors (Lipinski definition) is 2. The first kappa shape index (κ1) is 15.1. The van der Waals surface area contributed by atoms with E-state index in [1.807, 2.05) is 44.2 Å². The van der Waals surface area contributed by atoms with Crippen molar-refractivity contribution in [2.45, 2.75) is 45.7 Å². The van der Waals surface area contributed by atoms with Gasteiger partial charge in [-0.25, -0.2) is 0 Å². The first-order chi connectivity index (χ1) is 8.20. The number of benzene rings is 1. The van der Waals surface area contributed by atoms with Gasteiger partial charge in [0.25, 0.3) is 10.2 Å². The Morgan fingerprint density at radius 1 is 1.17 bits per heavy atom. The maximum absolute atomic E-state index is 11.8. The summed E-state index contributed by atoms with van der Waals surface area (Å²) in [4.78, 5) is 0. The Morgan fingerprint density at radius 3 is 2.22 bits per heavy atom. The van der Waals surface area contributed by atoms with E-state index in [0.29, 0.717) is 6.42 Å². The normalized spacial score (nSPS) is 12.9. The van der Waals surface area contributed by atoms with Crippen LogP contribution in [-0.4, -0.2) is 20.0 Å². The monoisotopic (exact) mass is 270 g/mol. The molecule has 0 atom stereocenters. The van der Waals surface area contributed by atoms with E-state index in [1.54, 1.807) is 13.8 Å². The SMILES string of the molecule is CC(C)NS(=O)(=O)NC(C)(C)Cc1ccccc1. The van der Waals surface area contributed by atoms with E-state index < -0.39 is 15.7 Å². The summed E-state index contributed by atoms with van der Waals surface area (Å²) in [5.41, 5.74) is 0.581. The van der Waals surface area contributed by atoms with Crippen molar-refractivity contribution in [3.05, 3.63) is 35.9 Å². The zero-order valence-corrected chi connectivity index (χ0v) is 12.2. The fraction of sp³-hybridized carbons (Fsp3) is 0.538. The summed E-state index contributed by atoms with van der Waals surface area (Å²) in [7, 11) is -3.46. The molecule has 0 spiro atoms. The van der Waals surface area contributed by atoms with Crippen LogP contribution in [0, 0.1) is 0 Å². The van der Waals surface area contributed by atoms with Crippen LogP contribution in [0.3, 0.4) is 0 Å². The summed E-state index contributed by atoms with van der Waals surface area (Å²) in [6, 6.07) is 9.72. The molecule has 0 saturated heterocycles. The van der Waals surface area contributed by atoms with E-state index in [9.17, 15) is 8.42 Å². The molecule has 1 rings (SSSR count). The molecule has 0 saturated carbocycles. The third kappa shape index (κ3) is 5.62. The minimum Gasteiger partial charge on any atom is -0.200 e. The Hall–Kier alpha value is -0.910. The molecule has 0 bridgehead atoms. The highest BCUT2D eigenvalue weighted by atomic mass is 32.2. The average Bonchev–Trinajstić information content (AvgIpc) is 2.13. The molecule has 0 aliphatic heterocycles. The van der Waals surface area contributed by atoms with Crippen molar-refractivity contribution in [1.82, 2.24) is 9.44 Å². The molecule has 0 unspecified atom stereocenters. The Kier molecular flexibility index (Phi) is 4.90. The van der Waals surface area contributed by atoms with Gasteiger partial charge < -0.3 is 0 Å². The molecule has 0 fully saturated rings. The Labute approximate surface area is 110 Å². The second-order valence-corrected chi connectivity index (χ2v) is 6.87. The summed E-state index contributed by atoms with van der Waals surface area (Å²) in [5.74, 6) is 0. The molecule has 0 amide bonds. The molecule has 102 valence electrons. The Bertz CT molecular complexity index is 467. The van der Waals surface area contributed by atoms with Crippen molar-refractivity contribution >= 4 is 10.2 Å². The first-order valence-corrected chi connectivity index (χ1v) is 7.54. The maximum atomic E-state index is 11.8. The summed E-state index contributed by atoms with van der Waals surface area (Å²) in [6.07, 6.45) is 0.646. The van der Waals surface area contributed by atoms with Gasteiger partial charge in [0.05, 0.1) is 0 Å². The number of rotatable bonds is 6. The van der Waals surface area contributed by atoms with Gasteiger partial charge in [-0.15, -0.1) is 0 Å². The molecular formula is C13H22N2O2S.